The van der Waals surface area contributed by atoms with Crippen LogP contribution in [0.3, 0.4) is 0 Å². The summed E-state index contributed by atoms with van der Waals surface area (Å²) in [5, 5.41) is 3.04. The monoisotopic (exact) mass is 432 g/mol. The smallest absolute Gasteiger partial charge is 0.243 e. The summed E-state index contributed by atoms with van der Waals surface area (Å²) < 4.78 is 27.2. The van der Waals surface area contributed by atoms with Crippen LogP contribution < -0.4 is 5.32 Å². The van der Waals surface area contributed by atoms with Crippen molar-refractivity contribution >= 4 is 27.7 Å². The molecule has 1 atom stereocenters. The molecule has 1 aliphatic rings. The minimum absolute atomic E-state index is 0.0224. The van der Waals surface area contributed by atoms with Crippen molar-refractivity contribution < 1.29 is 13.2 Å². The highest BCUT2D eigenvalue weighted by molar-refractivity contribution is 7.98. The molecule has 0 bridgehead atoms. The molecule has 2 aromatic carbocycles. The number of hydrogen-bond acceptors (Lipinski definition) is 4. The van der Waals surface area contributed by atoms with E-state index in [-0.39, 0.29) is 17.7 Å². The van der Waals surface area contributed by atoms with Crippen LogP contribution in [0.5, 0.6) is 0 Å². The van der Waals surface area contributed by atoms with Crippen LogP contribution in [0.2, 0.25) is 0 Å². The van der Waals surface area contributed by atoms with E-state index in [4.69, 9.17) is 0 Å². The Bertz CT molecular complexity index is 907. The summed E-state index contributed by atoms with van der Waals surface area (Å²) in [7, 11) is -3.51. The number of amides is 1. The van der Waals surface area contributed by atoms with E-state index in [2.05, 4.69) is 24.4 Å². The number of carbonyl (C=O) groups is 1. The normalized spacial score (nSPS) is 17.0. The average molecular weight is 433 g/mol. The Morgan fingerprint density at radius 2 is 1.72 bits per heavy atom. The molecule has 156 valence electrons. The maximum absolute atomic E-state index is 12.9. The molecule has 0 aromatic heterocycles. The van der Waals surface area contributed by atoms with Crippen LogP contribution in [0, 0.1) is 5.92 Å². The Hall–Kier alpha value is -1.83. The van der Waals surface area contributed by atoms with Crippen molar-refractivity contribution in [2.75, 3.05) is 25.9 Å². The number of rotatable bonds is 7. The third kappa shape index (κ3) is 5.41. The molecular weight excluding hydrogens is 404 g/mol. The summed E-state index contributed by atoms with van der Waals surface area (Å²) in [5.41, 5.74) is 1.20. The zero-order chi connectivity index (χ0) is 20.9. The molecule has 1 fully saturated rings. The van der Waals surface area contributed by atoms with E-state index in [1.807, 2.05) is 36.6 Å². The number of sulfonamides is 1. The van der Waals surface area contributed by atoms with Gasteiger partial charge >= 0.3 is 0 Å². The van der Waals surface area contributed by atoms with Gasteiger partial charge in [0, 0.05) is 30.4 Å². The lowest BCUT2D eigenvalue weighted by molar-refractivity contribution is -0.126. The number of hydrogen-bond donors (Lipinski definition) is 1. The molecule has 7 heteroatoms. The van der Waals surface area contributed by atoms with Gasteiger partial charge in [-0.25, -0.2) is 8.42 Å². The molecule has 1 saturated heterocycles. The second-order valence-corrected chi connectivity index (χ2v) is 10.2. The number of nitrogens with zero attached hydrogens (tertiary/aromatic N) is 1. The standard InChI is InChI=1S/C22H28N2O3S2/c1-17(18-6-4-3-5-7-18)16-23-22(25)19-12-14-24(15-13-19)29(26,27)21-10-8-20(28-2)9-11-21/h3-11,17,19H,12-16H2,1-2H3,(H,23,25)/t17-/m0/s1. The van der Waals surface area contributed by atoms with E-state index < -0.39 is 10.0 Å². The van der Waals surface area contributed by atoms with Crippen molar-refractivity contribution in [1.29, 1.82) is 0 Å². The van der Waals surface area contributed by atoms with Crippen LogP contribution in [0.25, 0.3) is 0 Å². The second-order valence-electron chi connectivity index (χ2n) is 7.41. The molecule has 29 heavy (non-hydrogen) atoms. The van der Waals surface area contributed by atoms with Gasteiger partial charge in [-0.15, -0.1) is 11.8 Å². The maximum atomic E-state index is 12.9. The highest BCUT2D eigenvalue weighted by Crippen LogP contribution is 2.25. The fourth-order valence-electron chi connectivity index (χ4n) is 3.55. The van der Waals surface area contributed by atoms with Crippen molar-refractivity contribution in [3.05, 3.63) is 60.2 Å². The fraction of sp³-hybridized carbons (Fsp3) is 0.409. The summed E-state index contributed by atoms with van der Waals surface area (Å²) in [5.74, 6) is 0.127. The first-order chi connectivity index (χ1) is 13.9. The Balaban J connectivity index is 1.52. The van der Waals surface area contributed by atoms with Gasteiger partial charge in [-0.3, -0.25) is 4.79 Å². The van der Waals surface area contributed by atoms with Gasteiger partial charge in [-0.05, 0) is 54.8 Å². The summed E-state index contributed by atoms with van der Waals surface area (Å²) in [6.45, 7) is 3.42. The van der Waals surface area contributed by atoms with E-state index in [0.29, 0.717) is 37.4 Å². The van der Waals surface area contributed by atoms with Gasteiger partial charge in [0.2, 0.25) is 15.9 Å². The third-order valence-corrected chi connectivity index (χ3v) is 8.13. The van der Waals surface area contributed by atoms with E-state index in [0.717, 1.165) is 4.90 Å². The zero-order valence-electron chi connectivity index (χ0n) is 16.9. The van der Waals surface area contributed by atoms with Crippen LogP contribution in [0.1, 0.15) is 31.2 Å². The Morgan fingerprint density at radius 3 is 2.31 bits per heavy atom. The lowest BCUT2D eigenvalue weighted by Gasteiger charge is -2.30. The Morgan fingerprint density at radius 1 is 1.10 bits per heavy atom. The molecular formula is C22H28N2O3S2. The molecule has 1 amide bonds. The highest BCUT2D eigenvalue weighted by atomic mass is 32.2. The molecule has 2 aromatic rings. The molecule has 1 heterocycles. The van der Waals surface area contributed by atoms with E-state index in [9.17, 15) is 13.2 Å². The average Bonchev–Trinajstić information content (AvgIpc) is 2.78. The SMILES string of the molecule is CSc1ccc(S(=O)(=O)N2CCC(C(=O)NC[C@H](C)c3ccccc3)CC2)cc1. The minimum atomic E-state index is -3.51. The first-order valence-electron chi connectivity index (χ1n) is 9.88. The van der Waals surface area contributed by atoms with Gasteiger partial charge in [0.25, 0.3) is 0 Å². The number of carbonyl (C=O) groups excluding carboxylic acids is 1. The predicted molar refractivity (Wildman–Crippen MR) is 118 cm³/mol. The molecule has 0 aliphatic carbocycles. The number of piperidine rings is 1. The maximum Gasteiger partial charge on any atom is 0.243 e. The quantitative estimate of drug-likeness (QED) is 0.677. The van der Waals surface area contributed by atoms with Crippen LogP contribution >= 0.6 is 11.8 Å². The van der Waals surface area contributed by atoms with Crippen molar-refractivity contribution in [2.24, 2.45) is 5.92 Å². The zero-order valence-corrected chi connectivity index (χ0v) is 18.5. The van der Waals surface area contributed by atoms with Gasteiger partial charge < -0.3 is 5.32 Å². The Labute approximate surface area is 177 Å². The number of nitrogens with one attached hydrogen (secondary N) is 1. The lowest BCUT2D eigenvalue weighted by Crippen LogP contribution is -2.43. The first kappa shape index (κ1) is 21.9. The van der Waals surface area contributed by atoms with Gasteiger partial charge in [0.05, 0.1) is 4.90 Å². The Kier molecular flexibility index (Phi) is 7.38. The summed E-state index contributed by atoms with van der Waals surface area (Å²) in [6.07, 6.45) is 3.06. The molecule has 1 aliphatic heterocycles. The molecule has 0 spiro atoms. The van der Waals surface area contributed by atoms with Gasteiger partial charge in [0.15, 0.2) is 0 Å². The van der Waals surface area contributed by atoms with E-state index in [1.165, 1.54) is 9.87 Å². The third-order valence-electron chi connectivity index (χ3n) is 5.47. The second kappa shape index (κ2) is 9.78. The van der Waals surface area contributed by atoms with E-state index >= 15 is 0 Å². The van der Waals surface area contributed by atoms with Crippen molar-refractivity contribution in [1.82, 2.24) is 9.62 Å². The summed E-state index contributed by atoms with van der Waals surface area (Å²) in [4.78, 5) is 13.9. The lowest BCUT2D eigenvalue weighted by atomic mass is 9.96. The van der Waals surface area contributed by atoms with Crippen molar-refractivity contribution in [3.8, 4) is 0 Å². The van der Waals surface area contributed by atoms with Gasteiger partial charge in [-0.1, -0.05) is 37.3 Å². The largest absolute Gasteiger partial charge is 0.355 e. The van der Waals surface area contributed by atoms with Crippen LogP contribution in [-0.4, -0.2) is 44.5 Å². The van der Waals surface area contributed by atoms with E-state index in [1.54, 1.807) is 23.9 Å². The van der Waals surface area contributed by atoms with Crippen molar-refractivity contribution in [2.45, 2.75) is 35.5 Å². The van der Waals surface area contributed by atoms with Crippen LogP contribution in [-0.2, 0) is 14.8 Å². The van der Waals surface area contributed by atoms with Gasteiger partial charge in [-0.2, -0.15) is 4.31 Å². The van der Waals surface area contributed by atoms with Gasteiger partial charge in [0.1, 0.15) is 0 Å². The number of benzene rings is 2. The predicted octanol–water partition coefficient (Wildman–Crippen LogP) is 3.73. The molecule has 3 rings (SSSR count). The number of thioether (sulfide) groups is 1. The van der Waals surface area contributed by atoms with Crippen LogP contribution in [0.15, 0.2) is 64.4 Å². The fourth-order valence-corrected chi connectivity index (χ4v) is 5.43. The molecule has 1 N–H and O–H groups in total. The summed E-state index contributed by atoms with van der Waals surface area (Å²) >= 11 is 1.58. The molecule has 0 radical (unpaired) electrons. The molecule has 0 unspecified atom stereocenters. The summed E-state index contributed by atoms with van der Waals surface area (Å²) in [6, 6.07) is 17.1. The highest BCUT2D eigenvalue weighted by Gasteiger charge is 2.32. The van der Waals surface area contributed by atoms with Crippen LogP contribution in [0.4, 0.5) is 0 Å². The minimum Gasteiger partial charge on any atom is -0.355 e. The first-order valence-corrected chi connectivity index (χ1v) is 12.5. The molecule has 5 nitrogen and oxygen atoms in total. The topological polar surface area (TPSA) is 66.5 Å². The van der Waals surface area contributed by atoms with Crippen molar-refractivity contribution in [3.63, 3.8) is 0 Å². The molecule has 0 saturated carbocycles.